The largest absolute Gasteiger partial charge is 0.383 e. The number of nitrogens with one attached hydrogen (secondary N) is 1. The van der Waals surface area contributed by atoms with Crippen molar-refractivity contribution >= 4 is 23.4 Å². The Morgan fingerprint density at radius 3 is 2.83 bits per heavy atom. The number of aromatic nitrogens is 2. The normalized spacial score (nSPS) is 23.3. The van der Waals surface area contributed by atoms with E-state index in [0.717, 1.165) is 22.5 Å². The second kappa shape index (κ2) is 5.78. The lowest BCUT2D eigenvalue weighted by Gasteiger charge is -2.16. The van der Waals surface area contributed by atoms with Crippen molar-refractivity contribution in [2.75, 3.05) is 16.8 Å². The predicted octanol–water partition coefficient (Wildman–Crippen LogP) is 2.76. The molecule has 1 heterocycles. The van der Waals surface area contributed by atoms with Crippen LogP contribution in [0.3, 0.4) is 0 Å². The van der Waals surface area contributed by atoms with Crippen LogP contribution in [0.1, 0.15) is 37.6 Å². The quantitative estimate of drug-likeness (QED) is 0.877. The molecule has 0 spiro atoms. The second-order valence-electron chi connectivity index (χ2n) is 4.86. The molecule has 2 rings (SSSR count). The van der Waals surface area contributed by atoms with Crippen molar-refractivity contribution in [2.24, 2.45) is 0 Å². The minimum absolute atomic E-state index is 0.529. The van der Waals surface area contributed by atoms with E-state index in [-0.39, 0.29) is 0 Å². The fourth-order valence-corrected chi connectivity index (χ4v) is 3.58. The summed E-state index contributed by atoms with van der Waals surface area (Å²) in [5.41, 5.74) is 6.84. The van der Waals surface area contributed by atoms with Crippen LogP contribution in [0.2, 0.25) is 0 Å². The summed E-state index contributed by atoms with van der Waals surface area (Å²) in [6.07, 6.45) is 3.75. The Labute approximate surface area is 113 Å². The monoisotopic (exact) mass is 266 g/mol. The van der Waals surface area contributed by atoms with E-state index in [4.69, 9.17) is 5.73 Å². The highest BCUT2D eigenvalue weighted by Gasteiger charge is 2.25. The van der Waals surface area contributed by atoms with Gasteiger partial charge in [0.15, 0.2) is 0 Å². The molecule has 1 aliphatic rings. The molecule has 3 N–H and O–H groups in total. The van der Waals surface area contributed by atoms with Crippen LogP contribution < -0.4 is 11.1 Å². The number of thioether (sulfide) groups is 1. The SMILES string of the molecule is CCSC1CCC(Nc2nc(C)nc(N)c2C)C1. The van der Waals surface area contributed by atoms with Gasteiger partial charge in [-0.15, -0.1) is 0 Å². The molecule has 2 atom stereocenters. The molecular weight excluding hydrogens is 244 g/mol. The fourth-order valence-electron chi connectivity index (χ4n) is 2.44. The van der Waals surface area contributed by atoms with Gasteiger partial charge in [-0.1, -0.05) is 6.92 Å². The van der Waals surface area contributed by atoms with Crippen molar-refractivity contribution in [3.8, 4) is 0 Å². The first kappa shape index (κ1) is 13.5. The van der Waals surface area contributed by atoms with Gasteiger partial charge in [-0.05, 0) is 38.9 Å². The van der Waals surface area contributed by atoms with Gasteiger partial charge >= 0.3 is 0 Å². The Bertz CT molecular complexity index is 422. The average molecular weight is 266 g/mol. The van der Waals surface area contributed by atoms with Gasteiger partial charge in [-0.2, -0.15) is 11.8 Å². The minimum atomic E-state index is 0.529. The molecule has 0 radical (unpaired) electrons. The van der Waals surface area contributed by atoms with Crippen molar-refractivity contribution < 1.29 is 0 Å². The average Bonchev–Trinajstić information content (AvgIpc) is 2.73. The molecule has 100 valence electrons. The Morgan fingerprint density at radius 1 is 1.33 bits per heavy atom. The molecule has 1 fully saturated rings. The van der Waals surface area contributed by atoms with Crippen LogP contribution in [0.15, 0.2) is 0 Å². The lowest BCUT2D eigenvalue weighted by molar-refractivity contribution is 0.748. The van der Waals surface area contributed by atoms with E-state index in [9.17, 15) is 0 Å². The van der Waals surface area contributed by atoms with Crippen molar-refractivity contribution in [1.29, 1.82) is 0 Å². The summed E-state index contributed by atoms with van der Waals surface area (Å²) in [5, 5.41) is 4.33. The van der Waals surface area contributed by atoms with Crippen molar-refractivity contribution in [2.45, 2.75) is 51.3 Å². The summed E-state index contributed by atoms with van der Waals surface area (Å²) in [7, 11) is 0. The molecule has 0 bridgehead atoms. The smallest absolute Gasteiger partial charge is 0.134 e. The van der Waals surface area contributed by atoms with Crippen LogP contribution >= 0.6 is 11.8 Å². The second-order valence-corrected chi connectivity index (χ2v) is 6.44. The number of anilines is 2. The highest BCUT2D eigenvalue weighted by Crippen LogP contribution is 2.32. The molecule has 2 unspecified atom stereocenters. The zero-order valence-electron chi connectivity index (χ0n) is 11.4. The first-order chi connectivity index (χ1) is 8.60. The Hall–Kier alpha value is -0.970. The van der Waals surface area contributed by atoms with Gasteiger partial charge in [0.05, 0.1) is 0 Å². The first-order valence-corrected chi connectivity index (χ1v) is 7.64. The standard InChI is InChI=1S/C13H22N4S/c1-4-18-11-6-5-10(7-11)17-13-8(2)12(14)15-9(3)16-13/h10-11H,4-7H2,1-3H3,(H3,14,15,16,17). The van der Waals surface area contributed by atoms with Crippen molar-refractivity contribution in [3.05, 3.63) is 11.4 Å². The third-order valence-electron chi connectivity index (χ3n) is 3.42. The van der Waals surface area contributed by atoms with Gasteiger partial charge in [-0.3, -0.25) is 0 Å². The molecule has 0 saturated heterocycles. The van der Waals surface area contributed by atoms with Crippen LogP contribution in [-0.4, -0.2) is 27.0 Å². The number of nitrogen functional groups attached to an aromatic ring is 1. The zero-order chi connectivity index (χ0) is 13.1. The van der Waals surface area contributed by atoms with Crippen molar-refractivity contribution in [3.63, 3.8) is 0 Å². The maximum Gasteiger partial charge on any atom is 0.134 e. The summed E-state index contributed by atoms with van der Waals surface area (Å²) < 4.78 is 0. The molecule has 18 heavy (non-hydrogen) atoms. The van der Waals surface area contributed by atoms with Crippen LogP contribution in [0.25, 0.3) is 0 Å². The Balaban J connectivity index is 2.02. The number of nitrogens with two attached hydrogens (primary N) is 1. The van der Waals surface area contributed by atoms with Gasteiger partial charge < -0.3 is 11.1 Å². The Morgan fingerprint density at radius 2 is 2.11 bits per heavy atom. The molecule has 4 nitrogen and oxygen atoms in total. The minimum Gasteiger partial charge on any atom is -0.383 e. The highest BCUT2D eigenvalue weighted by atomic mass is 32.2. The van der Waals surface area contributed by atoms with Gasteiger partial charge in [0.25, 0.3) is 0 Å². The number of rotatable bonds is 4. The number of aryl methyl sites for hydroxylation is 1. The van der Waals surface area contributed by atoms with Gasteiger partial charge in [0.1, 0.15) is 17.5 Å². The van der Waals surface area contributed by atoms with Gasteiger partial charge in [-0.25, -0.2) is 9.97 Å². The summed E-state index contributed by atoms with van der Waals surface area (Å²) in [5.74, 6) is 3.43. The Kier molecular flexibility index (Phi) is 4.32. The molecule has 1 aromatic heterocycles. The first-order valence-electron chi connectivity index (χ1n) is 6.59. The van der Waals surface area contributed by atoms with Crippen LogP contribution in [0.4, 0.5) is 11.6 Å². The number of hydrogen-bond acceptors (Lipinski definition) is 5. The summed E-state index contributed by atoms with van der Waals surface area (Å²) >= 11 is 2.07. The van der Waals surface area contributed by atoms with Crippen LogP contribution in [-0.2, 0) is 0 Å². The third kappa shape index (κ3) is 3.07. The van der Waals surface area contributed by atoms with E-state index in [0.29, 0.717) is 11.9 Å². The molecule has 1 saturated carbocycles. The maximum absolute atomic E-state index is 5.88. The number of hydrogen-bond donors (Lipinski definition) is 2. The molecule has 0 aromatic carbocycles. The molecule has 1 aromatic rings. The van der Waals surface area contributed by atoms with E-state index in [1.807, 2.05) is 13.8 Å². The molecule has 0 amide bonds. The van der Waals surface area contributed by atoms with E-state index in [1.54, 1.807) is 0 Å². The van der Waals surface area contributed by atoms with Gasteiger partial charge in [0, 0.05) is 16.9 Å². The summed E-state index contributed by atoms with van der Waals surface area (Å²) in [6.45, 7) is 6.08. The predicted molar refractivity (Wildman–Crippen MR) is 79.1 cm³/mol. The topological polar surface area (TPSA) is 63.8 Å². The van der Waals surface area contributed by atoms with Gasteiger partial charge in [0.2, 0.25) is 0 Å². The summed E-state index contributed by atoms with van der Waals surface area (Å²) in [6, 6.07) is 0.529. The van der Waals surface area contributed by atoms with E-state index >= 15 is 0 Å². The fraction of sp³-hybridized carbons (Fsp3) is 0.692. The van der Waals surface area contributed by atoms with E-state index in [1.165, 1.54) is 25.0 Å². The number of nitrogens with zero attached hydrogens (tertiary/aromatic N) is 2. The maximum atomic E-state index is 5.88. The highest BCUT2D eigenvalue weighted by molar-refractivity contribution is 7.99. The van der Waals surface area contributed by atoms with Crippen molar-refractivity contribution in [1.82, 2.24) is 9.97 Å². The zero-order valence-corrected chi connectivity index (χ0v) is 12.2. The molecule has 0 aliphatic heterocycles. The summed E-state index contributed by atoms with van der Waals surface area (Å²) in [4.78, 5) is 8.63. The molecular formula is C13H22N4S. The lowest BCUT2D eigenvalue weighted by atomic mass is 10.2. The molecule has 5 heteroatoms. The van der Waals surface area contributed by atoms with Crippen LogP contribution in [0.5, 0.6) is 0 Å². The third-order valence-corrected chi connectivity index (χ3v) is 4.66. The van der Waals surface area contributed by atoms with Crippen LogP contribution in [0, 0.1) is 13.8 Å². The van der Waals surface area contributed by atoms with E-state index < -0.39 is 0 Å². The molecule has 1 aliphatic carbocycles. The lowest BCUT2D eigenvalue weighted by Crippen LogP contribution is -2.19. The van der Waals surface area contributed by atoms with E-state index in [2.05, 4.69) is 34.0 Å².